The van der Waals surface area contributed by atoms with Crippen molar-refractivity contribution in [3.63, 3.8) is 0 Å². The van der Waals surface area contributed by atoms with Crippen molar-refractivity contribution < 1.29 is 9.53 Å². The summed E-state index contributed by atoms with van der Waals surface area (Å²) < 4.78 is 5.31. The highest BCUT2D eigenvalue weighted by molar-refractivity contribution is 5.99. The van der Waals surface area contributed by atoms with E-state index in [1.165, 1.54) is 0 Å². The summed E-state index contributed by atoms with van der Waals surface area (Å²) in [6, 6.07) is 1.75. The third-order valence-corrected chi connectivity index (χ3v) is 3.45. The molecule has 0 aliphatic carbocycles. The van der Waals surface area contributed by atoms with Crippen molar-refractivity contribution in [3.05, 3.63) is 24.0 Å². The summed E-state index contributed by atoms with van der Waals surface area (Å²) in [7, 11) is 0. The Labute approximate surface area is 125 Å². The first kappa shape index (κ1) is 15.7. The van der Waals surface area contributed by atoms with Gasteiger partial charge in [-0.15, -0.1) is 0 Å². The molecule has 1 aliphatic rings. The van der Waals surface area contributed by atoms with Crippen LogP contribution in [0.15, 0.2) is 18.5 Å². The number of hydrogen-bond donors (Lipinski definition) is 2. The number of rotatable bonds is 7. The topological polar surface area (TPSA) is 66.5 Å². The van der Waals surface area contributed by atoms with Crippen LogP contribution in [0.25, 0.3) is 0 Å². The molecule has 116 valence electrons. The van der Waals surface area contributed by atoms with Gasteiger partial charge in [0.15, 0.2) is 0 Å². The Kier molecular flexibility index (Phi) is 6.43. The molecule has 1 fully saturated rings. The zero-order chi connectivity index (χ0) is 14.9. The van der Waals surface area contributed by atoms with Crippen LogP contribution in [0.4, 0.5) is 5.69 Å². The van der Waals surface area contributed by atoms with Crippen LogP contribution in [0.1, 0.15) is 23.7 Å². The molecule has 6 heteroatoms. The van der Waals surface area contributed by atoms with Crippen LogP contribution in [-0.2, 0) is 4.74 Å². The lowest BCUT2D eigenvalue weighted by molar-refractivity contribution is 0.0383. The maximum atomic E-state index is 12.2. The standard InChI is InChI=1S/C15H24N4O2/c1-2-4-17-14-12-16-5-3-13(14)15(20)18-6-7-19-8-10-21-11-9-19/h3,5,12,17H,2,4,6-11H2,1H3,(H,18,20). The second-order valence-corrected chi connectivity index (χ2v) is 5.06. The summed E-state index contributed by atoms with van der Waals surface area (Å²) in [5, 5.41) is 6.21. The highest BCUT2D eigenvalue weighted by Gasteiger charge is 2.13. The average molecular weight is 292 g/mol. The van der Waals surface area contributed by atoms with Gasteiger partial charge in [-0.2, -0.15) is 0 Å². The minimum absolute atomic E-state index is 0.0516. The predicted molar refractivity (Wildman–Crippen MR) is 82.6 cm³/mol. The normalized spacial score (nSPS) is 15.7. The smallest absolute Gasteiger partial charge is 0.253 e. The monoisotopic (exact) mass is 292 g/mol. The molecule has 2 heterocycles. The van der Waals surface area contributed by atoms with Crippen molar-refractivity contribution in [1.29, 1.82) is 0 Å². The van der Waals surface area contributed by atoms with Gasteiger partial charge in [0, 0.05) is 38.9 Å². The number of aromatic nitrogens is 1. The Hall–Kier alpha value is -1.66. The third-order valence-electron chi connectivity index (χ3n) is 3.45. The summed E-state index contributed by atoms with van der Waals surface area (Å²) in [6.07, 6.45) is 4.35. The fraction of sp³-hybridized carbons (Fsp3) is 0.600. The minimum Gasteiger partial charge on any atom is -0.383 e. The maximum absolute atomic E-state index is 12.2. The molecule has 0 atom stereocenters. The van der Waals surface area contributed by atoms with E-state index in [-0.39, 0.29) is 5.91 Å². The Morgan fingerprint density at radius 3 is 2.95 bits per heavy atom. The Morgan fingerprint density at radius 2 is 2.19 bits per heavy atom. The fourth-order valence-electron chi connectivity index (χ4n) is 2.24. The van der Waals surface area contributed by atoms with Gasteiger partial charge < -0.3 is 15.4 Å². The molecular weight excluding hydrogens is 268 g/mol. The van der Waals surface area contributed by atoms with E-state index in [1.54, 1.807) is 18.5 Å². The number of amides is 1. The number of carbonyl (C=O) groups excluding carboxylic acids is 1. The molecule has 21 heavy (non-hydrogen) atoms. The van der Waals surface area contributed by atoms with Crippen molar-refractivity contribution in [2.45, 2.75) is 13.3 Å². The lowest BCUT2D eigenvalue weighted by atomic mass is 10.2. The zero-order valence-corrected chi connectivity index (χ0v) is 12.6. The molecular formula is C15H24N4O2. The molecule has 0 saturated carbocycles. The maximum Gasteiger partial charge on any atom is 0.253 e. The largest absolute Gasteiger partial charge is 0.383 e. The van der Waals surface area contributed by atoms with Gasteiger partial charge in [0.05, 0.1) is 30.7 Å². The molecule has 1 aromatic heterocycles. The number of nitrogens with one attached hydrogen (secondary N) is 2. The van der Waals surface area contributed by atoms with Gasteiger partial charge in [-0.1, -0.05) is 6.92 Å². The first-order valence-corrected chi connectivity index (χ1v) is 7.57. The van der Waals surface area contributed by atoms with Crippen LogP contribution in [-0.4, -0.2) is 61.7 Å². The summed E-state index contributed by atoms with van der Waals surface area (Å²) in [5.41, 5.74) is 1.45. The highest BCUT2D eigenvalue weighted by Crippen LogP contribution is 2.13. The second-order valence-electron chi connectivity index (χ2n) is 5.06. The van der Waals surface area contributed by atoms with Crippen molar-refractivity contribution in [1.82, 2.24) is 15.2 Å². The Balaban J connectivity index is 1.82. The van der Waals surface area contributed by atoms with E-state index in [0.29, 0.717) is 12.1 Å². The summed E-state index contributed by atoms with van der Waals surface area (Å²) in [5.74, 6) is -0.0516. The van der Waals surface area contributed by atoms with Gasteiger partial charge >= 0.3 is 0 Å². The molecule has 0 radical (unpaired) electrons. The fourth-order valence-corrected chi connectivity index (χ4v) is 2.24. The van der Waals surface area contributed by atoms with E-state index < -0.39 is 0 Å². The molecule has 1 aromatic rings. The molecule has 1 aliphatic heterocycles. The van der Waals surface area contributed by atoms with E-state index >= 15 is 0 Å². The molecule has 0 spiro atoms. The summed E-state index contributed by atoms with van der Waals surface area (Å²) in [4.78, 5) is 18.6. The molecule has 6 nitrogen and oxygen atoms in total. The first-order chi connectivity index (χ1) is 10.3. The predicted octanol–water partition coefficient (Wildman–Crippen LogP) is 0.965. The zero-order valence-electron chi connectivity index (χ0n) is 12.6. The van der Waals surface area contributed by atoms with Crippen LogP contribution < -0.4 is 10.6 Å². The molecule has 2 rings (SSSR count). The van der Waals surface area contributed by atoms with Gasteiger partial charge in [0.25, 0.3) is 5.91 Å². The lowest BCUT2D eigenvalue weighted by Gasteiger charge is -2.26. The van der Waals surface area contributed by atoms with Gasteiger partial charge in [0.2, 0.25) is 0 Å². The first-order valence-electron chi connectivity index (χ1n) is 7.57. The molecule has 0 unspecified atom stereocenters. The minimum atomic E-state index is -0.0516. The van der Waals surface area contributed by atoms with Gasteiger partial charge in [-0.3, -0.25) is 14.7 Å². The number of ether oxygens (including phenoxy) is 1. The SMILES string of the molecule is CCCNc1cnccc1C(=O)NCCN1CCOCC1. The second kappa shape index (κ2) is 8.59. The van der Waals surface area contributed by atoms with Crippen molar-refractivity contribution >= 4 is 11.6 Å². The number of anilines is 1. The number of carbonyl (C=O) groups is 1. The van der Waals surface area contributed by atoms with Gasteiger partial charge in [0.1, 0.15) is 0 Å². The van der Waals surface area contributed by atoms with Crippen molar-refractivity contribution in [2.75, 3.05) is 51.3 Å². The van der Waals surface area contributed by atoms with Crippen LogP contribution in [0.2, 0.25) is 0 Å². The summed E-state index contributed by atoms with van der Waals surface area (Å²) in [6.45, 7) is 7.87. The summed E-state index contributed by atoms with van der Waals surface area (Å²) >= 11 is 0. The van der Waals surface area contributed by atoms with Crippen molar-refractivity contribution in [2.24, 2.45) is 0 Å². The number of morpholine rings is 1. The number of pyridine rings is 1. The average Bonchev–Trinajstić information content (AvgIpc) is 2.54. The van der Waals surface area contributed by atoms with E-state index in [2.05, 4.69) is 27.4 Å². The van der Waals surface area contributed by atoms with Gasteiger partial charge in [-0.25, -0.2) is 0 Å². The van der Waals surface area contributed by atoms with E-state index in [9.17, 15) is 4.79 Å². The van der Waals surface area contributed by atoms with Crippen LogP contribution in [0.3, 0.4) is 0 Å². The van der Waals surface area contributed by atoms with E-state index in [0.717, 1.165) is 51.5 Å². The molecule has 1 amide bonds. The Morgan fingerprint density at radius 1 is 1.38 bits per heavy atom. The highest BCUT2D eigenvalue weighted by atomic mass is 16.5. The van der Waals surface area contributed by atoms with Crippen LogP contribution in [0.5, 0.6) is 0 Å². The number of nitrogens with zero attached hydrogens (tertiary/aromatic N) is 2. The quantitative estimate of drug-likeness (QED) is 0.784. The van der Waals surface area contributed by atoms with Crippen LogP contribution >= 0.6 is 0 Å². The Bertz CT molecular complexity index is 447. The number of hydrogen-bond acceptors (Lipinski definition) is 5. The molecule has 1 saturated heterocycles. The van der Waals surface area contributed by atoms with Gasteiger partial charge in [-0.05, 0) is 12.5 Å². The van der Waals surface area contributed by atoms with Crippen molar-refractivity contribution in [3.8, 4) is 0 Å². The third kappa shape index (κ3) is 4.99. The van der Waals surface area contributed by atoms with Crippen LogP contribution in [0, 0.1) is 0 Å². The van der Waals surface area contributed by atoms with E-state index in [1.807, 2.05) is 0 Å². The molecule has 2 N–H and O–H groups in total. The molecule has 0 aromatic carbocycles. The van der Waals surface area contributed by atoms with E-state index in [4.69, 9.17) is 4.74 Å². The molecule has 0 bridgehead atoms. The lowest BCUT2D eigenvalue weighted by Crippen LogP contribution is -2.41.